The van der Waals surface area contributed by atoms with Crippen molar-refractivity contribution in [2.24, 2.45) is 0 Å². The standard InChI is InChI=1S/C13H16N4O2/c1-14-13(9-6-10(18-2)8-15-7-9)11-4-5-12(19-3)17-16-11/h4-8,13-14H,1-3H3. The summed E-state index contributed by atoms with van der Waals surface area (Å²) in [5, 5.41) is 11.3. The molecular formula is C13H16N4O2. The van der Waals surface area contributed by atoms with Gasteiger partial charge in [0.05, 0.1) is 32.2 Å². The largest absolute Gasteiger partial charge is 0.495 e. The van der Waals surface area contributed by atoms with E-state index in [1.165, 1.54) is 0 Å². The van der Waals surface area contributed by atoms with Crippen molar-refractivity contribution >= 4 is 0 Å². The third kappa shape index (κ3) is 2.97. The van der Waals surface area contributed by atoms with Gasteiger partial charge in [-0.15, -0.1) is 10.2 Å². The van der Waals surface area contributed by atoms with Crippen molar-refractivity contribution in [2.75, 3.05) is 21.3 Å². The van der Waals surface area contributed by atoms with Gasteiger partial charge in [-0.1, -0.05) is 0 Å². The van der Waals surface area contributed by atoms with Crippen molar-refractivity contribution in [3.05, 3.63) is 41.9 Å². The first kappa shape index (κ1) is 13.2. The monoisotopic (exact) mass is 260 g/mol. The Morgan fingerprint density at radius 2 is 1.95 bits per heavy atom. The van der Waals surface area contributed by atoms with E-state index in [1.54, 1.807) is 32.7 Å². The summed E-state index contributed by atoms with van der Waals surface area (Å²) in [5.74, 6) is 1.20. The highest BCUT2D eigenvalue weighted by molar-refractivity contribution is 5.31. The fourth-order valence-electron chi connectivity index (χ4n) is 1.78. The molecule has 0 aromatic carbocycles. The van der Waals surface area contributed by atoms with Crippen LogP contribution in [0, 0.1) is 0 Å². The van der Waals surface area contributed by atoms with Gasteiger partial charge in [0, 0.05) is 12.3 Å². The maximum absolute atomic E-state index is 5.18. The maximum Gasteiger partial charge on any atom is 0.233 e. The summed E-state index contributed by atoms with van der Waals surface area (Å²) in [6.45, 7) is 0. The molecular weight excluding hydrogens is 244 g/mol. The van der Waals surface area contributed by atoms with E-state index in [9.17, 15) is 0 Å². The molecule has 19 heavy (non-hydrogen) atoms. The Labute approximate surface area is 111 Å². The highest BCUT2D eigenvalue weighted by Gasteiger charge is 2.15. The molecule has 1 atom stereocenters. The molecule has 6 heteroatoms. The minimum Gasteiger partial charge on any atom is -0.495 e. The summed E-state index contributed by atoms with van der Waals surface area (Å²) in [7, 11) is 5.03. The van der Waals surface area contributed by atoms with E-state index in [4.69, 9.17) is 9.47 Å². The van der Waals surface area contributed by atoms with Gasteiger partial charge in [0.15, 0.2) is 0 Å². The molecule has 1 N–H and O–H groups in total. The molecule has 0 fully saturated rings. The Morgan fingerprint density at radius 3 is 2.53 bits per heavy atom. The molecule has 6 nitrogen and oxygen atoms in total. The average molecular weight is 260 g/mol. The summed E-state index contributed by atoms with van der Waals surface area (Å²) in [6.07, 6.45) is 3.44. The van der Waals surface area contributed by atoms with Gasteiger partial charge in [-0.3, -0.25) is 4.98 Å². The molecule has 0 saturated heterocycles. The second kappa shape index (κ2) is 6.10. The number of methoxy groups -OCH3 is 2. The van der Waals surface area contributed by atoms with E-state index < -0.39 is 0 Å². The molecule has 0 aliphatic rings. The second-order valence-electron chi connectivity index (χ2n) is 3.88. The Balaban J connectivity index is 2.31. The first-order valence-corrected chi connectivity index (χ1v) is 5.82. The minimum absolute atomic E-state index is 0.0963. The zero-order chi connectivity index (χ0) is 13.7. The minimum atomic E-state index is -0.0963. The van der Waals surface area contributed by atoms with Crippen LogP contribution in [0.25, 0.3) is 0 Å². The molecule has 0 radical (unpaired) electrons. The maximum atomic E-state index is 5.18. The summed E-state index contributed by atoms with van der Waals surface area (Å²) < 4.78 is 10.2. The predicted octanol–water partition coefficient (Wildman–Crippen LogP) is 1.20. The van der Waals surface area contributed by atoms with Crippen LogP contribution in [-0.4, -0.2) is 36.4 Å². The van der Waals surface area contributed by atoms with Gasteiger partial charge in [-0.25, -0.2) is 0 Å². The van der Waals surface area contributed by atoms with Gasteiger partial charge in [0.1, 0.15) is 5.75 Å². The van der Waals surface area contributed by atoms with Crippen molar-refractivity contribution in [3.8, 4) is 11.6 Å². The number of rotatable bonds is 5. The molecule has 1 unspecified atom stereocenters. The summed E-state index contributed by atoms with van der Waals surface area (Å²) >= 11 is 0. The van der Waals surface area contributed by atoms with E-state index in [-0.39, 0.29) is 6.04 Å². The number of pyridine rings is 1. The third-order valence-electron chi connectivity index (χ3n) is 2.76. The van der Waals surface area contributed by atoms with Crippen LogP contribution in [-0.2, 0) is 0 Å². The van der Waals surface area contributed by atoms with Gasteiger partial charge in [-0.2, -0.15) is 0 Å². The Morgan fingerprint density at radius 1 is 1.11 bits per heavy atom. The Hall–Kier alpha value is -2.21. The van der Waals surface area contributed by atoms with Gasteiger partial charge in [0.2, 0.25) is 5.88 Å². The first-order chi connectivity index (χ1) is 9.28. The molecule has 2 aromatic heterocycles. The van der Waals surface area contributed by atoms with E-state index in [1.807, 2.05) is 19.2 Å². The number of hydrogen-bond donors (Lipinski definition) is 1. The van der Waals surface area contributed by atoms with Crippen molar-refractivity contribution in [1.82, 2.24) is 20.5 Å². The molecule has 0 amide bonds. The quantitative estimate of drug-likeness (QED) is 0.871. The number of aromatic nitrogens is 3. The highest BCUT2D eigenvalue weighted by atomic mass is 16.5. The summed E-state index contributed by atoms with van der Waals surface area (Å²) in [5.41, 5.74) is 1.75. The lowest BCUT2D eigenvalue weighted by Crippen LogP contribution is -2.19. The molecule has 0 aliphatic heterocycles. The SMILES string of the molecule is CNC(c1cncc(OC)c1)c1ccc(OC)nn1. The molecule has 0 spiro atoms. The fourth-order valence-corrected chi connectivity index (χ4v) is 1.78. The molecule has 0 bridgehead atoms. The number of ether oxygens (including phenoxy) is 2. The number of nitrogens with zero attached hydrogens (tertiary/aromatic N) is 3. The highest BCUT2D eigenvalue weighted by Crippen LogP contribution is 2.22. The van der Waals surface area contributed by atoms with Gasteiger partial charge < -0.3 is 14.8 Å². The fraction of sp³-hybridized carbons (Fsp3) is 0.308. The van der Waals surface area contributed by atoms with Crippen LogP contribution in [0.1, 0.15) is 17.3 Å². The van der Waals surface area contributed by atoms with E-state index in [0.29, 0.717) is 11.6 Å². The molecule has 2 rings (SSSR count). The number of nitrogens with one attached hydrogen (secondary N) is 1. The molecule has 100 valence electrons. The van der Waals surface area contributed by atoms with Crippen LogP contribution in [0.2, 0.25) is 0 Å². The van der Waals surface area contributed by atoms with E-state index in [0.717, 1.165) is 11.3 Å². The van der Waals surface area contributed by atoms with E-state index in [2.05, 4.69) is 20.5 Å². The predicted molar refractivity (Wildman–Crippen MR) is 70.3 cm³/mol. The second-order valence-corrected chi connectivity index (χ2v) is 3.88. The topological polar surface area (TPSA) is 69.2 Å². The zero-order valence-corrected chi connectivity index (χ0v) is 11.1. The van der Waals surface area contributed by atoms with Crippen LogP contribution in [0.4, 0.5) is 0 Å². The zero-order valence-electron chi connectivity index (χ0n) is 11.1. The lowest BCUT2D eigenvalue weighted by atomic mass is 10.1. The molecule has 0 aliphatic carbocycles. The Bertz CT molecular complexity index is 530. The van der Waals surface area contributed by atoms with Crippen LogP contribution < -0.4 is 14.8 Å². The van der Waals surface area contributed by atoms with Crippen molar-refractivity contribution in [3.63, 3.8) is 0 Å². The van der Waals surface area contributed by atoms with Gasteiger partial charge in [0.25, 0.3) is 0 Å². The molecule has 2 aromatic rings. The van der Waals surface area contributed by atoms with Gasteiger partial charge in [-0.05, 0) is 24.7 Å². The first-order valence-electron chi connectivity index (χ1n) is 5.82. The van der Waals surface area contributed by atoms with Crippen LogP contribution in [0.15, 0.2) is 30.6 Å². The van der Waals surface area contributed by atoms with Crippen molar-refractivity contribution in [1.29, 1.82) is 0 Å². The Kier molecular flexibility index (Phi) is 4.25. The van der Waals surface area contributed by atoms with Gasteiger partial charge >= 0.3 is 0 Å². The van der Waals surface area contributed by atoms with Crippen LogP contribution >= 0.6 is 0 Å². The molecule has 0 saturated carbocycles. The normalized spacial score (nSPS) is 11.9. The number of hydrogen-bond acceptors (Lipinski definition) is 6. The lowest BCUT2D eigenvalue weighted by molar-refractivity contribution is 0.390. The van der Waals surface area contributed by atoms with Crippen molar-refractivity contribution < 1.29 is 9.47 Å². The lowest BCUT2D eigenvalue weighted by Gasteiger charge is -2.15. The summed E-state index contributed by atoms with van der Waals surface area (Å²) in [4.78, 5) is 4.15. The molecule has 2 heterocycles. The van der Waals surface area contributed by atoms with Crippen LogP contribution in [0.3, 0.4) is 0 Å². The summed E-state index contributed by atoms with van der Waals surface area (Å²) in [6, 6.07) is 5.47. The smallest absolute Gasteiger partial charge is 0.233 e. The van der Waals surface area contributed by atoms with Crippen molar-refractivity contribution in [2.45, 2.75) is 6.04 Å². The average Bonchev–Trinajstić information content (AvgIpc) is 2.49. The van der Waals surface area contributed by atoms with Crippen LogP contribution in [0.5, 0.6) is 11.6 Å². The third-order valence-corrected chi connectivity index (χ3v) is 2.76. The van der Waals surface area contributed by atoms with E-state index >= 15 is 0 Å².